The van der Waals surface area contributed by atoms with Crippen LogP contribution in [0.4, 0.5) is 5.82 Å². The Labute approximate surface area is 126 Å². The average Bonchev–Trinajstić information content (AvgIpc) is 3.25. The number of pyridine rings is 1. The van der Waals surface area contributed by atoms with Crippen LogP contribution in [0, 0.1) is 5.92 Å². The number of rotatable bonds is 4. The van der Waals surface area contributed by atoms with E-state index in [9.17, 15) is 0 Å². The van der Waals surface area contributed by atoms with Crippen molar-refractivity contribution in [1.29, 1.82) is 0 Å². The summed E-state index contributed by atoms with van der Waals surface area (Å²) in [5, 5.41) is 6.27. The first kappa shape index (κ1) is 13.1. The third kappa shape index (κ3) is 2.62. The summed E-state index contributed by atoms with van der Waals surface area (Å²) in [6, 6.07) is 9.47. The zero-order valence-electron chi connectivity index (χ0n) is 12.7. The van der Waals surface area contributed by atoms with Crippen molar-refractivity contribution in [3.8, 4) is 0 Å². The molecule has 0 amide bonds. The molecule has 2 fully saturated rings. The van der Waals surface area contributed by atoms with Crippen LogP contribution >= 0.6 is 0 Å². The van der Waals surface area contributed by atoms with E-state index in [-0.39, 0.29) is 0 Å². The number of nitrogens with one attached hydrogen (secondary N) is 1. The molecule has 3 heteroatoms. The Hall–Kier alpha value is -1.61. The number of aromatic nitrogens is 1. The quantitative estimate of drug-likeness (QED) is 0.931. The summed E-state index contributed by atoms with van der Waals surface area (Å²) in [7, 11) is 0. The molecule has 1 aromatic carbocycles. The van der Waals surface area contributed by atoms with Gasteiger partial charge in [-0.25, -0.2) is 4.98 Å². The van der Waals surface area contributed by atoms with E-state index >= 15 is 0 Å². The second-order valence-electron chi connectivity index (χ2n) is 6.65. The van der Waals surface area contributed by atoms with Crippen molar-refractivity contribution in [1.82, 2.24) is 10.3 Å². The largest absolute Gasteiger partial charge is 0.356 e. The molecule has 2 aliphatic rings. The van der Waals surface area contributed by atoms with Gasteiger partial charge in [-0.15, -0.1) is 0 Å². The van der Waals surface area contributed by atoms with Gasteiger partial charge in [0.1, 0.15) is 5.82 Å². The molecule has 1 saturated carbocycles. The van der Waals surface area contributed by atoms with Crippen molar-refractivity contribution >= 4 is 16.6 Å². The maximum atomic E-state index is 4.81. The number of benzene rings is 1. The van der Waals surface area contributed by atoms with Gasteiger partial charge in [-0.05, 0) is 36.1 Å². The third-order valence-corrected chi connectivity index (χ3v) is 4.74. The lowest BCUT2D eigenvalue weighted by molar-refractivity contribution is 0.659. The second kappa shape index (κ2) is 5.30. The molecule has 0 bridgehead atoms. The summed E-state index contributed by atoms with van der Waals surface area (Å²) in [5.41, 5.74) is 1.33. The first-order valence-corrected chi connectivity index (χ1v) is 8.16. The highest BCUT2D eigenvalue weighted by molar-refractivity contribution is 5.94. The molecule has 3 nitrogen and oxygen atoms in total. The topological polar surface area (TPSA) is 28.2 Å². The van der Waals surface area contributed by atoms with Gasteiger partial charge in [0.2, 0.25) is 0 Å². The fourth-order valence-corrected chi connectivity index (χ4v) is 3.30. The van der Waals surface area contributed by atoms with Gasteiger partial charge in [-0.2, -0.15) is 0 Å². The summed E-state index contributed by atoms with van der Waals surface area (Å²) >= 11 is 0. The molecule has 0 spiro atoms. The van der Waals surface area contributed by atoms with Gasteiger partial charge in [-0.1, -0.05) is 31.2 Å². The summed E-state index contributed by atoms with van der Waals surface area (Å²) in [6.07, 6.45) is 6.02. The van der Waals surface area contributed by atoms with Gasteiger partial charge in [0.05, 0.1) is 0 Å². The van der Waals surface area contributed by atoms with Crippen LogP contribution in [0.2, 0.25) is 0 Å². The SMILES string of the molecule is CC1CCN(c2ncc(CNC3CC3)c3ccccc23)C1. The van der Waals surface area contributed by atoms with Crippen LogP contribution in [0.5, 0.6) is 0 Å². The molecule has 4 rings (SSSR count). The maximum absolute atomic E-state index is 4.81. The second-order valence-corrected chi connectivity index (χ2v) is 6.65. The fourth-order valence-electron chi connectivity index (χ4n) is 3.30. The van der Waals surface area contributed by atoms with Crippen LogP contribution < -0.4 is 10.2 Å². The van der Waals surface area contributed by atoms with Crippen molar-refractivity contribution in [3.63, 3.8) is 0 Å². The molecule has 1 unspecified atom stereocenters. The first-order chi connectivity index (χ1) is 10.3. The minimum atomic E-state index is 0.739. The van der Waals surface area contributed by atoms with E-state index in [1.807, 2.05) is 0 Å². The Bertz CT molecular complexity index is 648. The van der Waals surface area contributed by atoms with Gasteiger partial charge in [-0.3, -0.25) is 0 Å². The monoisotopic (exact) mass is 281 g/mol. The smallest absolute Gasteiger partial charge is 0.136 e. The van der Waals surface area contributed by atoms with Crippen LogP contribution in [0.15, 0.2) is 30.5 Å². The Morgan fingerprint density at radius 1 is 1.19 bits per heavy atom. The zero-order valence-corrected chi connectivity index (χ0v) is 12.7. The normalized spacial score (nSPS) is 22.1. The van der Waals surface area contributed by atoms with Crippen LogP contribution in [-0.4, -0.2) is 24.1 Å². The van der Waals surface area contributed by atoms with E-state index < -0.39 is 0 Å². The lowest BCUT2D eigenvalue weighted by Gasteiger charge is -2.20. The molecule has 110 valence electrons. The lowest BCUT2D eigenvalue weighted by Crippen LogP contribution is -2.21. The lowest BCUT2D eigenvalue weighted by atomic mass is 10.1. The Balaban J connectivity index is 1.70. The van der Waals surface area contributed by atoms with E-state index in [0.29, 0.717) is 0 Å². The summed E-state index contributed by atoms with van der Waals surface area (Å²) < 4.78 is 0. The minimum Gasteiger partial charge on any atom is -0.356 e. The molecule has 1 aromatic heterocycles. The summed E-state index contributed by atoms with van der Waals surface area (Å²) in [6.45, 7) is 5.54. The van der Waals surface area contributed by atoms with Crippen molar-refractivity contribution < 1.29 is 0 Å². The minimum absolute atomic E-state index is 0.739. The Morgan fingerprint density at radius 3 is 2.71 bits per heavy atom. The number of anilines is 1. The molecular weight excluding hydrogens is 258 g/mol. The molecule has 1 aliphatic carbocycles. The van der Waals surface area contributed by atoms with Crippen LogP contribution in [0.3, 0.4) is 0 Å². The van der Waals surface area contributed by atoms with Gasteiger partial charge in [0.25, 0.3) is 0 Å². The first-order valence-electron chi connectivity index (χ1n) is 8.16. The van der Waals surface area contributed by atoms with E-state index in [2.05, 4.69) is 47.6 Å². The van der Waals surface area contributed by atoms with Crippen molar-refractivity contribution in [3.05, 3.63) is 36.0 Å². The Kier molecular flexibility index (Phi) is 3.30. The molecule has 1 saturated heterocycles. The van der Waals surface area contributed by atoms with Crippen LogP contribution in [0.25, 0.3) is 10.8 Å². The zero-order chi connectivity index (χ0) is 14.2. The average molecular weight is 281 g/mol. The van der Waals surface area contributed by atoms with E-state index in [1.165, 1.54) is 41.4 Å². The van der Waals surface area contributed by atoms with E-state index in [0.717, 1.165) is 31.6 Å². The summed E-state index contributed by atoms with van der Waals surface area (Å²) in [4.78, 5) is 7.26. The molecule has 1 atom stereocenters. The van der Waals surface area contributed by atoms with Gasteiger partial charge < -0.3 is 10.2 Å². The highest BCUT2D eigenvalue weighted by Crippen LogP contribution is 2.31. The van der Waals surface area contributed by atoms with Crippen molar-refractivity contribution in [2.45, 2.75) is 38.8 Å². The predicted octanol–water partition coefficient (Wildman–Crippen LogP) is 3.33. The number of fused-ring (bicyclic) bond motifs is 1. The number of nitrogens with zero attached hydrogens (tertiary/aromatic N) is 2. The number of hydrogen-bond donors (Lipinski definition) is 1. The van der Waals surface area contributed by atoms with E-state index in [4.69, 9.17) is 4.98 Å². The predicted molar refractivity (Wildman–Crippen MR) is 87.6 cm³/mol. The van der Waals surface area contributed by atoms with Gasteiger partial charge in [0.15, 0.2) is 0 Å². The fraction of sp³-hybridized carbons (Fsp3) is 0.500. The maximum Gasteiger partial charge on any atom is 0.136 e. The highest BCUT2D eigenvalue weighted by Gasteiger charge is 2.23. The molecule has 2 aromatic rings. The highest BCUT2D eigenvalue weighted by atomic mass is 15.2. The van der Waals surface area contributed by atoms with Crippen LogP contribution in [0.1, 0.15) is 31.7 Å². The van der Waals surface area contributed by atoms with Crippen molar-refractivity contribution in [2.75, 3.05) is 18.0 Å². The standard InChI is InChI=1S/C18H23N3/c1-13-8-9-21(12-13)18-17-5-3-2-4-16(17)14(11-20-18)10-19-15-6-7-15/h2-5,11,13,15,19H,6-10,12H2,1H3. The Morgan fingerprint density at radius 2 is 2.00 bits per heavy atom. The van der Waals surface area contributed by atoms with Crippen LogP contribution in [-0.2, 0) is 6.54 Å². The molecule has 0 radical (unpaired) electrons. The molecule has 1 aliphatic heterocycles. The third-order valence-electron chi connectivity index (χ3n) is 4.74. The molecule has 2 heterocycles. The van der Waals surface area contributed by atoms with E-state index in [1.54, 1.807) is 0 Å². The van der Waals surface area contributed by atoms with Gasteiger partial charge in [0, 0.05) is 37.3 Å². The molecular formula is C18H23N3. The molecule has 21 heavy (non-hydrogen) atoms. The molecule has 1 N–H and O–H groups in total. The van der Waals surface area contributed by atoms with Gasteiger partial charge >= 0.3 is 0 Å². The summed E-state index contributed by atoms with van der Waals surface area (Å²) in [5.74, 6) is 1.95. The number of hydrogen-bond acceptors (Lipinski definition) is 3. The van der Waals surface area contributed by atoms with Crippen molar-refractivity contribution in [2.24, 2.45) is 5.92 Å².